The Kier molecular flexibility index (Phi) is 13.2. The van der Waals surface area contributed by atoms with Crippen molar-refractivity contribution in [3.8, 4) is 39.5 Å². The van der Waals surface area contributed by atoms with Crippen LogP contribution in [0.4, 0.5) is 0 Å². The van der Waals surface area contributed by atoms with Crippen molar-refractivity contribution in [3.05, 3.63) is 156 Å². The van der Waals surface area contributed by atoms with E-state index in [4.69, 9.17) is 19.4 Å². The van der Waals surface area contributed by atoms with Crippen molar-refractivity contribution < 1.29 is 24.5 Å². The number of aryl methyl sites for hydroxylation is 1. The van der Waals surface area contributed by atoms with Crippen LogP contribution in [0.3, 0.4) is 0 Å². The van der Waals surface area contributed by atoms with Crippen LogP contribution in [0.5, 0.6) is 0 Å². The molecule has 323 valence electrons. The predicted molar refractivity (Wildman–Crippen MR) is 261 cm³/mol. The fourth-order valence-electron chi connectivity index (χ4n) is 8.25. The smallest absolute Gasteiger partial charge is 0.216 e. The molecule has 0 bridgehead atoms. The van der Waals surface area contributed by atoms with Gasteiger partial charge < -0.3 is 14.0 Å². The zero-order valence-electron chi connectivity index (χ0n) is 38.4. The van der Waals surface area contributed by atoms with Crippen LogP contribution in [0.15, 0.2) is 126 Å². The summed E-state index contributed by atoms with van der Waals surface area (Å²) >= 11 is 0. The van der Waals surface area contributed by atoms with Gasteiger partial charge in [-0.3, -0.25) is 9.97 Å². The van der Waals surface area contributed by atoms with E-state index in [-0.39, 0.29) is 31.4 Å². The van der Waals surface area contributed by atoms with Crippen molar-refractivity contribution in [2.75, 3.05) is 0 Å². The zero-order chi connectivity index (χ0) is 43.9. The van der Waals surface area contributed by atoms with Crippen molar-refractivity contribution in [1.29, 1.82) is 0 Å². The van der Waals surface area contributed by atoms with Gasteiger partial charge in [-0.05, 0) is 70.1 Å². The third-order valence-corrected chi connectivity index (χ3v) is 13.5. The van der Waals surface area contributed by atoms with E-state index < -0.39 is 8.07 Å². The number of rotatable bonds is 8. The first-order valence-electron chi connectivity index (χ1n) is 21.8. The summed E-state index contributed by atoms with van der Waals surface area (Å²) in [7, 11) is -1.35. The summed E-state index contributed by atoms with van der Waals surface area (Å²) in [5, 5.41) is 3.48. The first-order valence-corrected chi connectivity index (χ1v) is 25.3. The first-order chi connectivity index (χ1) is 29.6. The molecule has 0 aliphatic heterocycles. The summed E-state index contributed by atoms with van der Waals surface area (Å²) < 4.78 is 8.73. The van der Waals surface area contributed by atoms with Crippen LogP contribution in [0.25, 0.3) is 72.6 Å². The third kappa shape index (κ3) is 9.40. The van der Waals surface area contributed by atoms with Crippen LogP contribution < -0.4 is 5.19 Å². The zero-order valence-corrected chi connectivity index (χ0v) is 41.8. The van der Waals surface area contributed by atoms with Crippen LogP contribution in [-0.4, -0.2) is 32.6 Å². The van der Waals surface area contributed by atoms with Crippen LogP contribution in [-0.2, 0) is 31.9 Å². The van der Waals surface area contributed by atoms with E-state index in [1.54, 1.807) is 0 Å². The second kappa shape index (κ2) is 18.3. The van der Waals surface area contributed by atoms with E-state index >= 15 is 0 Å². The summed E-state index contributed by atoms with van der Waals surface area (Å²) in [4.78, 5) is 19.3. The molecule has 6 nitrogen and oxygen atoms in total. The number of fused-ring (bicyclic) bond motifs is 4. The summed E-state index contributed by atoms with van der Waals surface area (Å²) in [6.07, 6.45) is 7.05. The minimum absolute atomic E-state index is 0. The van der Waals surface area contributed by atoms with Crippen molar-refractivity contribution in [2.45, 2.75) is 92.8 Å². The Morgan fingerprint density at radius 2 is 1.46 bits per heavy atom. The van der Waals surface area contributed by atoms with E-state index in [2.05, 4.69) is 176 Å². The molecule has 0 fully saturated rings. The van der Waals surface area contributed by atoms with Gasteiger partial charge in [0, 0.05) is 54.7 Å². The molecule has 1 radical (unpaired) electrons. The Balaban J connectivity index is 0.000000229. The van der Waals surface area contributed by atoms with Gasteiger partial charge in [0.25, 0.3) is 0 Å². The Morgan fingerprint density at radius 3 is 2.13 bits per heavy atom. The van der Waals surface area contributed by atoms with Gasteiger partial charge in [0.1, 0.15) is 0 Å². The van der Waals surface area contributed by atoms with Gasteiger partial charge in [-0.15, -0.1) is 53.6 Å². The van der Waals surface area contributed by atoms with E-state index in [1.807, 2.05) is 42.7 Å². The van der Waals surface area contributed by atoms with Crippen molar-refractivity contribution in [2.24, 2.45) is 5.92 Å². The third-order valence-electron chi connectivity index (χ3n) is 11.5. The summed E-state index contributed by atoms with van der Waals surface area (Å²) in [6.45, 7) is 24.8. The number of aromatic nitrogens is 5. The standard InChI is InChI=1S/C36H31N4O.C19H26NSi.Ir/c1-22(2)29-20-37-21-30-32(29)40(25-16-14-24(15-17-25)23-10-7-6-8-11-23)34(38-30)28-13-9-12-26-27-18-19-31(36(3,4)5)39-35(27)41-33(26)28;1-14(2)11-16-12-18(17-10-8-7-9-15(17)3)20-13-19(16)21(4,5)6;/h6-12,14-22H,1-5H3;7-9,12-14H,11H2,1-6H3;/q2*-1;. The Labute approximate surface area is 387 Å². The number of pyridine rings is 3. The average Bonchev–Trinajstić information content (AvgIpc) is 3.82. The van der Waals surface area contributed by atoms with Crippen molar-refractivity contribution in [3.63, 3.8) is 0 Å². The van der Waals surface area contributed by atoms with Gasteiger partial charge in [0.05, 0.1) is 36.7 Å². The monoisotopic (exact) mass is 1020 g/mol. The Hall–Kier alpha value is -5.53. The number of hydrogen-bond donors (Lipinski definition) is 0. The molecule has 0 saturated carbocycles. The number of hydrogen-bond acceptors (Lipinski definition) is 5. The van der Waals surface area contributed by atoms with Crippen LogP contribution in [0, 0.1) is 25.0 Å². The largest absolute Gasteiger partial charge is 0.486 e. The van der Waals surface area contributed by atoms with Gasteiger partial charge in [0.2, 0.25) is 5.71 Å². The maximum atomic E-state index is 6.50. The van der Waals surface area contributed by atoms with Gasteiger partial charge in [-0.25, -0.2) is 4.98 Å². The second-order valence-corrected chi connectivity index (χ2v) is 24.3. The molecule has 9 rings (SSSR count). The molecule has 0 spiro atoms. The Morgan fingerprint density at radius 1 is 0.746 bits per heavy atom. The molecular formula is C55H57IrN5OSi-2. The minimum Gasteiger partial charge on any atom is -0.486 e. The summed E-state index contributed by atoms with van der Waals surface area (Å²) in [6, 6.07) is 42.5. The molecule has 63 heavy (non-hydrogen) atoms. The molecule has 0 amide bonds. The normalized spacial score (nSPS) is 12.0. The molecule has 0 saturated heterocycles. The molecule has 5 heterocycles. The molecular weight excluding hydrogens is 967 g/mol. The van der Waals surface area contributed by atoms with Gasteiger partial charge in [0.15, 0.2) is 0 Å². The molecule has 0 aliphatic rings. The molecule has 4 aromatic carbocycles. The summed E-state index contributed by atoms with van der Waals surface area (Å²) in [5.41, 5.74) is 14.4. The number of benzene rings is 4. The molecule has 0 N–H and O–H groups in total. The van der Waals surface area contributed by atoms with Crippen molar-refractivity contribution in [1.82, 2.24) is 24.5 Å². The molecule has 5 aromatic heterocycles. The maximum absolute atomic E-state index is 6.50. The van der Waals surface area contributed by atoms with Gasteiger partial charge in [-0.2, -0.15) is 0 Å². The Bertz CT molecular complexity index is 3030. The van der Waals surface area contributed by atoms with Crippen LogP contribution >= 0.6 is 0 Å². The van der Waals surface area contributed by atoms with Gasteiger partial charge >= 0.3 is 0 Å². The van der Waals surface area contributed by atoms with E-state index in [0.29, 0.717) is 11.6 Å². The fraction of sp³-hybridized carbons (Fsp3) is 0.273. The molecule has 0 aliphatic carbocycles. The van der Waals surface area contributed by atoms with Crippen LogP contribution in [0.2, 0.25) is 19.6 Å². The minimum atomic E-state index is -1.35. The van der Waals surface area contributed by atoms with E-state index in [1.165, 1.54) is 21.9 Å². The average molecular weight is 1020 g/mol. The van der Waals surface area contributed by atoms with Crippen molar-refractivity contribution >= 4 is 46.4 Å². The van der Waals surface area contributed by atoms with E-state index in [9.17, 15) is 0 Å². The van der Waals surface area contributed by atoms with E-state index in [0.717, 1.165) is 79.0 Å². The predicted octanol–water partition coefficient (Wildman–Crippen LogP) is 13.9. The van der Waals surface area contributed by atoms with Crippen LogP contribution in [0.1, 0.15) is 76.8 Å². The second-order valence-electron chi connectivity index (χ2n) is 19.2. The number of nitrogens with zero attached hydrogens (tertiary/aromatic N) is 5. The quantitative estimate of drug-likeness (QED) is 0.112. The number of furan rings is 1. The molecule has 9 aromatic rings. The van der Waals surface area contributed by atoms with Gasteiger partial charge in [-0.1, -0.05) is 140 Å². The topological polar surface area (TPSA) is 69.6 Å². The molecule has 0 unspecified atom stereocenters. The molecule has 8 heteroatoms. The SMILES string of the molecule is CC(C)c1cncc2nc(-c3[c-]ccc4c3oc3nc(C(C)(C)C)ccc34)n(-c3ccc(-c4ccccc4)cc3)c12.Cc1ccc[c-]c1-c1cc(CC(C)C)c([Si](C)(C)C)cn1.[Ir]. The molecule has 0 atom stereocenters. The summed E-state index contributed by atoms with van der Waals surface area (Å²) in [5.74, 6) is 1.70. The number of imidazole rings is 1. The first kappa shape index (κ1) is 45.5. The fourth-order valence-corrected chi connectivity index (χ4v) is 9.84. The maximum Gasteiger partial charge on any atom is 0.216 e.